The van der Waals surface area contributed by atoms with Crippen LogP contribution in [-0.4, -0.2) is 59.1 Å². The molecule has 8 heteroatoms. The van der Waals surface area contributed by atoms with Crippen LogP contribution in [0.1, 0.15) is 60.7 Å². The van der Waals surface area contributed by atoms with Crippen molar-refractivity contribution in [3.05, 3.63) is 70.8 Å². The van der Waals surface area contributed by atoms with Crippen molar-refractivity contribution >= 4 is 29.6 Å². The zero-order valence-corrected chi connectivity index (χ0v) is 16.7. The number of amides is 4. The van der Waals surface area contributed by atoms with Gasteiger partial charge < -0.3 is 4.74 Å². The second kappa shape index (κ2) is 8.51. The Kier molecular flexibility index (Phi) is 5.62. The molecule has 8 nitrogen and oxygen atoms in total. The monoisotopic (exact) mass is 420 g/mol. The van der Waals surface area contributed by atoms with Gasteiger partial charge >= 0.3 is 5.97 Å². The van der Waals surface area contributed by atoms with Gasteiger partial charge in [-0.25, -0.2) is 0 Å². The average molecular weight is 420 g/mol. The maximum Gasteiger partial charge on any atom is 0.305 e. The van der Waals surface area contributed by atoms with E-state index >= 15 is 0 Å². The molecule has 0 N–H and O–H groups in total. The SMILES string of the molecule is O=C(CCCN1C(=O)c2ccccc2C1=O)OCCCN1C(=O)c2ccccc2C1=O. The molecule has 0 radical (unpaired) electrons. The van der Waals surface area contributed by atoms with Gasteiger partial charge in [-0.15, -0.1) is 0 Å². The molecule has 0 saturated carbocycles. The minimum atomic E-state index is -0.459. The van der Waals surface area contributed by atoms with Crippen LogP contribution >= 0.6 is 0 Å². The van der Waals surface area contributed by atoms with Crippen LogP contribution in [0.5, 0.6) is 0 Å². The minimum absolute atomic E-state index is 0.0560. The van der Waals surface area contributed by atoms with E-state index in [0.29, 0.717) is 35.1 Å². The van der Waals surface area contributed by atoms with Crippen molar-refractivity contribution in [1.82, 2.24) is 9.80 Å². The summed E-state index contributed by atoms with van der Waals surface area (Å²) in [6, 6.07) is 13.3. The first kappa shape index (κ1) is 20.5. The number of esters is 1. The average Bonchev–Trinajstić information content (AvgIpc) is 3.17. The molecule has 0 spiro atoms. The van der Waals surface area contributed by atoms with Crippen molar-refractivity contribution in [3.8, 4) is 0 Å². The molecule has 31 heavy (non-hydrogen) atoms. The predicted molar refractivity (Wildman–Crippen MR) is 108 cm³/mol. The zero-order chi connectivity index (χ0) is 22.0. The number of hydrogen-bond donors (Lipinski definition) is 0. The Morgan fingerprint density at radius 2 is 1.03 bits per heavy atom. The van der Waals surface area contributed by atoms with Gasteiger partial charge in [0, 0.05) is 19.5 Å². The van der Waals surface area contributed by atoms with Crippen LogP contribution in [0.4, 0.5) is 0 Å². The third kappa shape index (κ3) is 3.84. The molecule has 2 aliphatic rings. The molecule has 0 unspecified atom stereocenters. The summed E-state index contributed by atoms with van der Waals surface area (Å²) in [4.78, 5) is 63.4. The summed E-state index contributed by atoms with van der Waals surface area (Å²) < 4.78 is 5.15. The molecule has 2 heterocycles. The van der Waals surface area contributed by atoms with Crippen molar-refractivity contribution < 1.29 is 28.7 Å². The highest BCUT2D eigenvalue weighted by molar-refractivity contribution is 6.22. The molecule has 0 atom stereocenters. The zero-order valence-electron chi connectivity index (χ0n) is 16.7. The van der Waals surface area contributed by atoms with E-state index in [9.17, 15) is 24.0 Å². The molecular formula is C23H20N2O6. The lowest BCUT2D eigenvalue weighted by Crippen LogP contribution is -2.31. The van der Waals surface area contributed by atoms with Gasteiger partial charge in [0.1, 0.15) is 0 Å². The van der Waals surface area contributed by atoms with Gasteiger partial charge in [0.15, 0.2) is 0 Å². The number of fused-ring (bicyclic) bond motifs is 2. The molecule has 0 aromatic heterocycles. The lowest BCUT2D eigenvalue weighted by Gasteiger charge is -2.14. The Balaban J connectivity index is 1.17. The van der Waals surface area contributed by atoms with Crippen LogP contribution in [-0.2, 0) is 9.53 Å². The van der Waals surface area contributed by atoms with Crippen molar-refractivity contribution in [1.29, 1.82) is 0 Å². The highest BCUT2D eigenvalue weighted by atomic mass is 16.5. The Morgan fingerprint density at radius 1 is 0.645 bits per heavy atom. The van der Waals surface area contributed by atoms with Crippen LogP contribution in [0.15, 0.2) is 48.5 Å². The van der Waals surface area contributed by atoms with Gasteiger partial charge in [0.05, 0.1) is 28.9 Å². The molecule has 0 saturated heterocycles. The maximum absolute atomic E-state index is 12.3. The smallest absolute Gasteiger partial charge is 0.305 e. The fourth-order valence-electron chi connectivity index (χ4n) is 3.75. The topological polar surface area (TPSA) is 101 Å². The fraction of sp³-hybridized carbons (Fsp3) is 0.261. The fourth-order valence-corrected chi connectivity index (χ4v) is 3.75. The number of benzene rings is 2. The molecule has 0 bridgehead atoms. The molecule has 2 aliphatic heterocycles. The first-order valence-corrected chi connectivity index (χ1v) is 10.0. The summed E-state index contributed by atoms with van der Waals surface area (Å²) in [5, 5.41) is 0. The highest BCUT2D eigenvalue weighted by Crippen LogP contribution is 2.23. The van der Waals surface area contributed by atoms with Gasteiger partial charge in [-0.1, -0.05) is 24.3 Å². The van der Waals surface area contributed by atoms with Gasteiger partial charge in [0.25, 0.3) is 23.6 Å². The second-order valence-corrected chi connectivity index (χ2v) is 7.29. The predicted octanol–water partition coefficient (Wildman–Crippen LogP) is 2.29. The molecule has 0 fully saturated rings. The molecule has 0 aliphatic carbocycles. The third-order valence-corrected chi connectivity index (χ3v) is 5.31. The van der Waals surface area contributed by atoms with Crippen molar-refractivity contribution in [2.45, 2.75) is 19.3 Å². The van der Waals surface area contributed by atoms with Crippen molar-refractivity contribution in [2.24, 2.45) is 0 Å². The number of ether oxygens (including phenoxy) is 1. The second-order valence-electron chi connectivity index (χ2n) is 7.29. The van der Waals surface area contributed by atoms with Crippen LogP contribution in [0.3, 0.4) is 0 Å². The Hall–Kier alpha value is -3.81. The standard InChI is InChI=1S/C23H20N2O6/c26-19(11-5-12-24-20(27)15-7-1-2-8-16(15)21(24)28)31-14-6-13-25-22(29)17-9-3-4-10-18(17)23(25)30/h1-4,7-10H,5-6,11-14H2. The number of carbonyl (C=O) groups excluding carboxylic acids is 5. The van der Waals surface area contributed by atoms with E-state index in [1.54, 1.807) is 48.5 Å². The maximum atomic E-state index is 12.3. The summed E-state index contributed by atoms with van der Waals surface area (Å²) in [7, 11) is 0. The molecule has 4 rings (SSSR count). The summed E-state index contributed by atoms with van der Waals surface area (Å²) in [5.41, 5.74) is 1.53. The minimum Gasteiger partial charge on any atom is -0.466 e. The first-order chi connectivity index (χ1) is 15.0. The highest BCUT2D eigenvalue weighted by Gasteiger charge is 2.35. The van der Waals surface area contributed by atoms with E-state index in [0.717, 1.165) is 9.80 Å². The number of hydrogen-bond acceptors (Lipinski definition) is 6. The molecule has 158 valence electrons. The summed E-state index contributed by atoms with van der Waals surface area (Å²) in [6.07, 6.45) is 0.679. The van der Waals surface area contributed by atoms with E-state index in [1.165, 1.54) is 0 Å². The van der Waals surface area contributed by atoms with Gasteiger partial charge in [-0.05, 0) is 37.1 Å². The van der Waals surface area contributed by atoms with Crippen molar-refractivity contribution in [2.75, 3.05) is 19.7 Å². The van der Waals surface area contributed by atoms with Crippen LogP contribution in [0.2, 0.25) is 0 Å². The molecule has 2 aromatic carbocycles. The van der Waals surface area contributed by atoms with Crippen LogP contribution in [0.25, 0.3) is 0 Å². The normalized spacial score (nSPS) is 14.8. The summed E-state index contributed by atoms with van der Waals surface area (Å²) >= 11 is 0. The lowest BCUT2D eigenvalue weighted by molar-refractivity contribution is -0.143. The van der Waals surface area contributed by atoms with Gasteiger partial charge in [0.2, 0.25) is 0 Å². The molecule has 4 amide bonds. The van der Waals surface area contributed by atoms with E-state index < -0.39 is 5.97 Å². The Labute approximate surface area is 178 Å². The number of carbonyl (C=O) groups is 5. The van der Waals surface area contributed by atoms with E-state index in [2.05, 4.69) is 0 Å². The largest absolute Gasteiger partial charge is 0.466 e. The van der Waals surface area contributed by atoms with E-state index in [4.69, 9.17) is 4.74 Å². The van der Waals surface area contributed by atoms with E-state index in [-0.39, 0.29) is 49.7 Å². The van der Waals surface area contributed by atoms with E-state index in [1.807, 2.05) is 0 Å². The Morgan fingerprint density at radius 3 is 1.45 bits per heavy atom. The van der Waals surface area contributed by atoms with Crippen molar-refractivity contribution in [3.63, 3.8) is 0 Å². The number of rotatable bonds is 8. The van der Waals surface area contributed by atoms with Crippen LogP contribution < -0.4 is 0 Å². The van der Waals surface area contributed by atoms with Crippen LogP contribution in [0, 0.1) is 0 Å². The summed E-state index contributed by atoms with van der Waals surface area (Å²) in [6.45, 7) is 0.365. The number of nitrogens with zero attached hydrogens (tertiary/aromatic N) is 2. The number of imide groups is 2. The Bertz CT molecular complexity index is 1020. The first-order valence-electron chi connectivity index (χ1n) is 10.0. The van der Waals surface area contributed by atoms with Gasteiger partial charge in [-0.3, -0.25) is 33.8 Å². The summed E-state index contributed by atoms with van der Waals surface area (Å²) in [5.74, 6) is -1.84. The third-order valence-electron chi connectivity index (χ3n) is 5.31. The lowest BCUT2D eigenvalue weighted by atomic mass is 10.1. The molecular weight excluding hydrogens is 400 g/mol. The quantitative estimate of drug-likeness (QED) is 0.369. The molecule has 2 aromatic rings. The van der Waals surface area contributed by atoms with Gasteiger partial charge in [-0.2, -0.15) is 0 Å².